The van der Waals surface area contributed by atoms with Crippen LogP contribution < -0.4 is 0 Å². The Balaban J connectivity index is 2.00. The maximum Gasteiger partial charge on any atom is 0.104 e. The number of nitrogens with zero attached hydrogens (tertiary/aromatic N) is 3. The van der Waals surface area contributed by atoms with E-state index in [-0.39, 0.29) is 6.04 Å². The molecule has 4 aromatic rings. The van der Waals surface area contributed by atoms with Crippen molar-refractivity contribution in [1.82, 2.24) is 19.5 Å². The van der Waals surface area contributed by atoms with Gasteiger partial charge < -0.3 is 9.55 Å². The van der Waals surface area contributed by atoms with E-state index in [2.05, 4.69) is 56.8 Å². The zero-order valence-electron chi connectivity index (χ0n) is 12.3. The first kappa shape index (κ1) is 12.8. The Labute approximate surface area is 128 Å². The molecule has 0 bridgehead atoms. The molecule has 22 heavy (non-hydrogen) atoms. The van der Waals surface area contributed by atoms with Gasteiger partial charge in [0.2, 0.25) is 0 Å². The molecule has 1 atom stereocenters. The van der Waals surface area contributed by atoms with Crippen LogP contribution in [0.25, 0.3) is 10.9 Å². The van der Waals surface area contributed by atoms with Gasteiger partial charge in [0.05, 0.1) is 12.0 Å². The molecule has 1 N–H and O–H groups in total. The van der Waals surface area contributed by atoms with Gasteiger partial charge in [-0.3, -0.25) is 4.98 Å². The van der Waals surface area contributed by atoms with Crippen LogP contribution in [0.4, 0.5) is 0 Å². The first-order valence-electron chi connectivity index (χ1n) is 7.30. The average molecular weight is 288 g/mol. The van der Waals surface area contributed by atoms with E-state index < -0.39 is 0 Å². The van der Waals surface area contributed by atoms with Crippen molar-refractivity contribution in [2.24, 2.45) is 0 Å². The smallest absolute Gasteiger partial charge is 0.104 e. The fourth-order valence-electron chi connectivity index (χ4n) is 3.06. The molecule has 4 heteroatoms. The van der Waals surface area contributed by atoms with Crippen molar-refractivity contribution in [3.8, 4) is 0 Å². The van der Waals surface area contributed by atoms with Crippen molar-refractivity contribution in [3.05, 3.63) is 84.3 Å². The van der Waals surface area contributed by atoms with Crippen LogP contribution in [0, 0.1) is 6.92 Å². The summed E-state index contributed by atoms with van der Waals surface area (Å²) in [4.78, 5) is 12.3. The highest BCUT2D eigenvalue weighted by Gasteiger charge is 2.22. The molecule has 0 aliphatic carbocycles. The topological polar surface area (TPSA) is 46.5 Å². The first-order chi connectivity index (χ1) is 10.8. The zero-order chi connectivity index (χ0) is 14.9. The number of H-pyrrole nitrogens is 1. The summed E-state index contributed by atoms with van der Waals surface area (Å²) < 4.78 is 2.10. The van der Waals surface area contributed by atoms with E-state index in [1.165, 1.54) is 10.9 Å². The molecule has 4 rings (SSSR count). The predicted molar refractivity (Wildman–Crippen MR) is 86.7 cm³/mol. The fourth-order valence-corrected chi connectivity index (χ4v) is 3.06. The summed E-state index contributed by atoms with van der Waals surface area (Å²) in [6.45, 7) is 2.11. The van der Waals surface area contributed by atoms with Crippen LogP contribution in [-0.4, -0.2) is 19.5 Å². The van der Waals surface area contributed by atoms with E-state index in [0.29, 0.717) is 0 Å². The number of pyridine rings is 1. The van der Waals surface area contributed by atoms with E-state index in [0.717, 1.165) is 16.9 Å². The highest BCUT2D eigenvalue weighted by molar-refractivity contribution is 5.85. The van der Waals surface area contributed by atoms with E-state index in [4.69, 9.17) is 0 Å². The van der Waals surface area contributed by atoms with E-state index in [9.17, 15) is 0 Å². The summed E-state index contributed by atoms with van der Waals surface area (Å²) in [6, 6.07) is 14.4. The second-order valence-electron chi connectivity index (χ2n) is 5.38. The van der Waals surface area contributed by atoms with Crippen LogP contribution in [-0.2, 0) is 0 Å². The predicted octanol–water partition coefficient (Wildman–Crippen LogP) is 3.71. The van der Waals surface area contributed by atoms with Gasteiger partial charge in [-0.15, -0.1) is 0 Å². The molecule has 4 nitrogen and oxygen atoms in total. The number of para-hydroxylation sites is 1. The second-order valence-corrected chi connectivity index (χ2v) is 5.38. The van der Waals surface area contributed by atoms with Crippen molar-refractivity contribution in [2.45, 2.75) is 13.0 Å². The Hall–Kier alpha value is -2.88. The van der Waals surface area contributed by atoms with Gasteiger partial charge in [0.1, 0.15) is 6.04 Å². The molecule has 0 radical (unpaired) electrons. The van der Waals surface area contributed by atoms with E-state index in [1.807, 2.05) is 30.9 Å². The molecule has 1 unspecified atom stereocenters. The van der Waals surface area contributed by atoms with Gasteiger partial charge in [-0.05, 0) is 25.1 Å². The monoisotopic (exact) mass is 288 g/mol. The number of aromatic nitrogens is 4. The van der Waals surface area contributed by atoms with Crippen molar-refractivity contribution < 1.29 is 0 Å². The highest BCUT2D eigenvalue weighted by atomic mass is 15.1. The van der Waals surface area contributed by atoms with E-state index >= 15 is 0 Å². The molecule has 0 saturated carbocycles. The minimum absolute atomic E-state index is 0.0137. The normalized spacial score (nSPS) is 12.6. The van der Waals surface area contributed by atoms with Crippen LogP contribution in [0.1, 0.15) is 23.0 Å². The lowest BCUT2D eigenvalue weighted by Gasteiger charge is -2.19. The van der Waals surface area contributed by atoms with Crippen LogP contribution in [0.3, 0.4) is 0 Å². The number of hydrogen-bond donors (Lipinski definition) is 1. The number of aromatic amines is 1. The highest BCUT2D eigenvalue weighted by Crippen LogP contribution is 2.33. The van der Waals surface area contributed by atoms with Gasteiger partial charge in [0.25, 0.3) is 0 Å². The fraction of sp³-hybridized carbons (Fsp3) is 0.111. The number of benzene rings is 1. The average Bonchev–Trinajstić information content (AvgIpc) is 3.18. The number of hydrogen-bond acceptors (Lipinski definition) is 2. The molecule has 0 aliphatic heterocycles. The Bertz CT molecular complexity index is 891. The summed E-state index contributed by atoms with van der Waals surface area (Å²) in [5, 5.41) is 1.23. The van der Waals surface area contributed by atoms with Gasteiger partial charge >= 0.3 is 0 Å². The number of nitrogens with one attached hydrogen (secondary N) is 1. The number of aryl methyl sites for hydroxylation is 1. The minimum Gasteiger partial charge on any atom is -0.358 e. The van der Waals surface area contributed by atoms with Crippen molar-refractivity contribution in [1.29, 1.82) is 0 Å². The quantitative estimate of drug-likeness (QED) is 0.624. The Morgan fingerprint density at radius 3 is 2.68 bits per heavy atom. The molecule has 3 aromatic heterocycles. The molecule has 3 heterocycles. The van der Waals surface area contributed by atoms with Crippen LogP contribution in [0.5, 0.6) is 0 Å². The van der Waals surface area contributed by atoms with Crippen LogP contribution in [0.15, 0.2) is 67.4 Å². The lowest BCUT2D eigenvalue weighted by atomic mass is 9.99. The van der Waals surface area contributed by atoms with Crippen LogP contribution >= 0.6 is 0 Å². The van der Waals surface area contributed by atoms with Crippen molar-refractivity contribution >= 4 is 10.9 Å². The molecular weight excluding hydrogens is 272 g/mol. The summed E-state index contributed by atoms with van der Waals surface area (Å²) >= 11 is 0. The Kier molecular flexibility index (Phi) is 3.00. The third-order valence-electron chi connectivity index (χ3n) is 4.01. The summed E-state index contributed by atoms with van der Waals surface area (Å²) in [5.41, 5.74) is 4.56. The third kappa shape index (κ3) is 2.00. The second kappa shape index (κ2) is 5.15. The third-order valence-corrected chi connectivity index (χ3v) is 4.01. The number of fused-ring (bicyclic) bond motifs is 1. The molecule has 0 fully saturated rings. The van der Waals surface area contributed by atoms with Gasteiger partial charge in [0, 0.05) is 40.8 Å². The Morgan fingerprint density at radius 1 is 1.05 bits per heavy atom. The lowest BCUT2D eigenvalue weighted by molar-refractivity contribution is 0.657. The standard InChI is InChI=1S/C18H16N4/c1-13-17(14-6-2-3-7-15(14)21-13)18(22-11-10-19-12-22)16-8-4-5-9-20-16/h2-12,18,21H,1H3. The van der Waals surface area contributed by atoms with E-state index in [1.54, 1.807) is 6.20 Å². The van der Waals surface area contributed by atoms with Gasteiger partial charge in [0.15, 0.2) is 0 Å². The molecule has 0 spiro atoms. The largest absolute Gasteiger partial charge is 0.358 e. The maximum absolute atomic E-state index is 4.58. The molecule has 108 valence electrons. The summed E-state index contributed by atoms with van der Waals surface area (Å²) in [6.07, 6.45) is 7.48. The molecular formula is C18H16N4. The molecule has 0 amide bonds. The Morgan fingerprint density at radius 2 is 1.91 bits per heavy atom. The molecule has 0 aliphatic rings. The SMILES string of the molecule is Cc1[nH]c2ccccc2c1C(c1ccccn1)n1ccnc1. The molecule has 0 saturated heterocycles. The molecule has 1 aromatic carbocycles. The van der Waals surface area contributed by atoms with Crippen LogP contribution in [0.2, 0.25) is 0 Å². The summed E-state index contributed by atoms with van der Waals surface area (Å²) in [7, 11) is 0. The van der Waals surface area contributed by atoms with Gasteiger partial charge in [-0.1, -0.05) is 24.3 Å². The van der Waals surface area contributed by atoms with Gasteiger partial charge in [-0.25, -0.2) is 4.98 Å². The van der Waals surface area contributed by atoms with Crippen molar-refractivity contribution in [3.63, 3.8) is 0 Å². The van der Waals surface area contributed by atoms with Crippen molar-refractivity contribution in [2.75, 3.05) is 0 Å². The number of imidazole rings is 1. The minimum atomic E-state index is 0.0137. The first-order valence-corrected chi connectivity index (χ1v) is 7.30. The zero-order valence-corrected chi connectivity index (χ0v) is 12.3. The van der Waals surface area contributed by atoms with Gasteiger partial charge in [-0.2, -0.15) is 0 Å². The maximum atomic E-state index is 4.58. The summed E-state index contributed by atoms with van der Waals surface area (Å²) in [5.74, 6) is 0. The number of rotatable bonds is 3. The lowest BCUT2D eigenvalue weighted by Crippen LogP contribution is -2.12.